The normalized spacial score (nSPS) is 11.5. The molecule has 0 fully saturated rings. The van der Waals surface area contributed by atoms with Gasteiger partial charge in [-0.2, -0.15) is 0 Å². The third kappa shape index (κ3) is 4.45. The molecule has 7 heteroatoms. The van der Waals surface area contributed by atoms with Crippen LogP contribution in [0.2, 0.25) is 0 Å². The SMILES string of the molecule is CC(=O)Nc1ccc(NC(=O)C(C)OC(=O)c2cccn2C)cc1. The third-order valence-electron chi connectivity index (χ3n) is 3.28. The fourth-order valence-electron chi connectivity index (χ4n) is 2.03. The van der Waals surface area contributed by atoms with Crippen molar-refractivity contribution in [3.8, 4) is 0 Å². The number of anilines is 2. The lowest BCUT2D eigenvalue weighted by molar-refractivity contribution is -0.123. The number of aryl methyl sites for hydroxylation is 1. The van der Waals surface area contributed by atoms with Crippen molar-refractivity contribution in [3.63, 3.8) is 0 Å². The lowest BCUT2D eigenvalue weighted by atomic mass is 10.2. The topological polar surface area (TPSA) is 89.4 Å². The highest BCUT2D eigenvalue weighted by atomic mass is 16.5. The minimum Gasteiger partial charge on any atom is -0.448 e. The van der Waals surface area contributed by atoms with Crippen LogP contribution in [0.5, 0.6) is 0 Å². The van der Waals surface area contributed by atoms with Gasteiger partial charge in [0, 0.05) is 31.5 Å². The van der Waals surface area contributed by atoms with Crippen molar-refractivity contribution in [2.45, 2.75) is 20.0 Å². The molecular formula is C17H19N3O4. The van der Waals surface area contributed by atoms with E-state index in [1.807, 2.05) is 0 Å². The molecule has 2 N–H and O–H groups in total. The van der Waals surface area contributed by atoms with Gasteiger partial charge in [0.05, 0.1) is 0 Å². The molecule has 2 rings (SSSR count). The zero-order valence-corrected chi connectivity index (χ0v) is 13.7. The van der Waals surface area contributed by atoms with Crippen LogP contribution in [-0.2, 0) is 21.4 Å². The molecule has 0 spiro atoms. The fourth-order valence-corrected chi connectivity index (χ4v) is 2.03. The molecule has 0 bridgehead atoms. The third-order valence-corrected chi connectivity index (χ3v) is 3.28. The first-order chi connectivity index (χ1) is 11.4. The van der Waals surface area contributed by atoms with Gasteiger partial charge in [0.2, 0.25) is 5.91 Å². The number of benzene rings is 1. The molecule has 1 atom stereocenters. The standard InChI is InChI=1S/C17H19N3O4/c1-11(24-17(23)15-5-4-10-20(15)3)16(22)19-14-8-6-13(7-9-14)18-12(2)21/h4-11H,1-3H3,(H,18,21)(H,19,22). The van der Waals surface area contributed by atoms with E-state index in [0.717, 1.165) is 0 Å². The largest absolute Gasteiger partial charge is 0.448 e. The summed E-state index contributed by atoms with van der Waals surface area (Å²) in [5.74, 6) is -1.18. The zero-order valence-electron chi connectivity index (χ0n) is 13.7. The molecule has 0 aliphatic heterocycles. The quantitative estimate of drug-likeness (QED) is 0.823. The highest BCUT2D eigenvalue weighted by Crippen LogP contribution is 2.14. The van der Waals surface area contributed by atoms with Gasteiger partial charge in [-0.05, 0) is 43.3 Å². The van der Waals surface area contributed by atoms with E-state index in [0.29, 0.717) is 17.1 Å². The van der Waals surface area contributed by atoms with Crippen LogP contribution in [0.15, 0.2) is 42.6 Å². The Morgan fingerprint density at radius 2 is 1.62 bits per heavy atom. The van der Waals surface area contributed by atoms with Crippen molar-refractivity contribution in [1.82, 2.24) is 4.57 Å². The van der Waals surface area contributed by atoms with Crippen LogP contribution in [0.4, 0.5) is 11.4 Å². The Kier molecular flexibility index (Phi) is 5.36. The Morgan fingerprint density at radius 1 is 1.04 bits per heavy atom. The number of nitrogens with zero attached hydrogens (tertiary/aromatic N) is 1. The maximum absolute atomic E-state index is 12.1. The van der Waals surface area contributed by atoms with E-state index in [9.17, 15) is 14.4 Å². The van der Waals surface area contributed by atoms with E-state index in [2.05, 4.69) is 10.6 Å². The van der Waals surface area contributed by atoms with E-state index in [1.165, 1.54) is 13.8 Å². The van der Waals surface area contributed by atoms with Crippen LogP contribution >= 0.6 is 0 Å². The van der Waals surface area contributed by atoms with Gasteiger partial charge in [0.1, 0.15) is 5.69 Å². The van der Waals surface area contributed by atoms with E-state index in [1.54, 1.807) is 54.2 Å². The number of aromatic nitrogens is 1. The van der Waals surface area contributed by atoms with Gasteiger partial charge in [-0.3, -0.25) is 9.59 Å². The van der Waals surface area contributed by atoms with E-state index in [4.69, 9.17) is 4.74 Å². The highest BCUT2D eigenvalue weighted by molar-refractivity contribution is 5.97. The minimum atomic E-state index is -0.942. The van der Waals surface area contributed by atoms with Gasteiger partial charge in [0.15, 0.2) is 6.10 Å². The molecule has 0 aliphatic carbocycles. The van der Waals surface area contributed by atoms with Crippen molar-refractivity contribution in [3.05, 3.63) is 48.3 Å². The predicted octanol–water partition coefficient (Wildman–Crippen LogP) is 2.17. The molecule has 24 heavy (non-hydrogen) atoms. The minimum absolute atomic E-state index is 0.173. The number of carbonyl (C=O) groups is 3. The Bertz CT molecular complexity index is 749. The van der Waals surface area contributed by atoms with Crippen molar-refractivity contribution in [2.75, 3.05) is 10.6 Å². The number of ether oxygens (including phenoxy) is 1. The molecular weight excluding hydrogens is 310 g/mol. The maximum Gasteiger partial charge on any atom is 0.355 e. The summed E-state index contributed by atoms with van der Waals surface area (Å²) in [6, 6.07) is 9.96. The average Bonchev–Trinajstić information content (AvgIpc) is 2.94. The smallest absolute Gasteiger partial charge is 0.355 e. The molecule has 0 saturated carbocycles. The number of carbonyl (C=O) groups excluding carboxylic acids is 3. The number of amides is 2. The first kappa shape index (κ1) is 17.3. The molecule has 7 nitrogen and oxygen atoms in total. The monoisotopic (exact) mass is 329 g/mol. The van der Waals surface area contributed by atoms with Crippen LogP contribution in [0, 0.1) is 0 Å². The lowest BCUT2D eigenvalue weighted by Gasteiger charge is -2.14. The van der Waals surface area contributed by atoms with E-state index < -0.39 is 18.0 Å². The molecule has 0 saturated heterocycles. The number of rotatable bonds is 5. The molecule has 1 heterocycles. The summed E-state index contributed by atoms with van der Waals surface area (Å²) in [7, 11) is 1.72. The Labute approximate surface area is 139 Å². The lowest BCUT2D eigenvalue weighted by Crippen LogP contribution is -2.30. The number of esters is 1. The van der Waals surface area contributed by atoms with Crippen molar-refractivity contribution >= 4 is 29.2 Å². The summed E-state index contributed by atoms with van der Waals surface area (Å²) < 4.78 is 6.78. The van der Waals surface area contributed by atoms with Crippen LogP contribution in [-0.4, -0.2) is 28.5 Å². The number of hydrogen-bond acceptors (Lipinski definition) is 4. The summed E-state index contributed by atoms with van der Waals surface area (Å²) in [6.07, 6.45) is 0.778. The second-order valence-electron chi connectivity index (χ2n) is 5.30. The number of nitrogens with one attached hydrogen (secondary N) is 2. The molecule has 2 amide bonds. The highest BCUT2D eigenvalue weighted by Gasteiger charge is 2.20. The number of hydrogen-bond donors (Lipinski definition) is 2. The summed E-state index contributed by atoms with van der Waals surface area (Å²) in [6.45, 7) is 2.92. The summed E-state index contributed by atoms with van der Waals surface area (Å²) in [5.41, 5.74) is 1.54. The van der Waals surface area contributed by atoms with Crippen LogP contribution in [0.1, 0.15) is 24.3 Å². The van der Waals surface area contributed by atoms with Gasteiger partial charge < -0.3 is 19.9 Å². The Balaban J connectivity index is 1.92. The first-order valence-electron chi connectivity index (χ1n) is 7.37. The summed E-state index contributed by atoms with van der Waals surface area (Å²) in [4.78, 5) is 35.0. The summed E-state index contributed by atoms with van der Waals surface area (Å²) in [5, 5.41) is 5.28. The molecule has 2 aromatic rings. The van der Waals surface area contributed by atoms with Gasteiger partial charge in [-0.1, -0.05) is 0 Å². The van der Waals surface area contributed by atoms with Crippen LogP contribution < -0.4 is 10.6 Å². The van der Waals surface area contributed by atoms with E-state index in [-0.39, 0.29) is 5.91 Å². The Hall–Kier alpha value is -3.09. The fraction of sp³-hybridized carbons (Fsp3) is 0.235. The molecule has 0 radical (unpaired) electrons. The van der Waals surface area contributed by atoms with Gasteiger partial charge in [0.25, 0.3) is 5.91 Å². The maximum atomic E-state index is 12.1. The zero-order chi connectivity index (χ0) is 17.7. The molecule has 0 aliphatic rings. The van der Waals surface area contributed by atoms with Gasteiger partial charge in [-0.25, -0.2) is 4.79 Å². The second kappa shape index (κ2) is 7.45. The molecule has 1 aromatic heterocycles. The Morgan fingerprint density at radius 3 is 2.12 bits per heavy atom. The van der Waals surface area contributed by atoms with Crippen LogP contribution in [0.25, 0.3) is 0 Å². The molecule has 1 aromatic carbocycles. The second-order valence-corrected chi connectivity index (χ2v) is 5.30. The van der Waals surface area contributed by atoms with Crippen molar-refractivity contribution in [1.29, 1.82) is 0 Å². The molecule has 1 unspecified atom stereocenters. The van der Waals surface area contributed by atoms with Gasteiger partial charge >= 0.3 is 5.97 Å². The van der Waals surface area contributed by atoms with Crippen LogP contribution in [0.3, 0.4) is 0 Å². The van der Waals surface area contributed by atoms with Gasteiger partial charge in [-0.15, -0.1) is 0 Å². The molecule has 126 valence electrons. The summed E-state index contributed by atoms with van der Waals surface area (Å²) >= 11 is 0. The first-order valence-corrected chi connectivity index (χ1v) is 7.37. The van der Waals surface area contributed by atoms with Crippen molar-refractivity contribution in [2.24, 2.45) is 7.05 Å². The van der Waals surface area contributed by atoms with Crippen molar-refractivity contribution < 1.29 is 19.1 Å². The average molecular weight is 329 g/mol. The van der Waals surface area contributed by atoms with E-state index >= 15 is 0 Å². The predicted molar refractivity (Wildman–Crippen MR) is 89.7 cm³/mol.